The fraction of sp³-hybridized carbons (Fsp3) is 0.364. The SMILES string of the molecule is CN(Cc1ccc(Cl)c(Cl)c1)S(=O)(=O)CCC(=O)O. The van der Waals surface area contributed by atoms with Crippen LogP contribution in [-0.2, 0) is 21.4 Å². The standard InChI is InChI=1S/C11H13Cl2NO4S/c1-14(19(17,18)5-4-11(15)16)7-8-2-3-9(12)10(13)6-8/h2-3,6H,4-5,7H2,1H3,(H,15,16). The summed E-state index contributed by atoms with van der Waals surface area (Å²) >= 11 is 11.6. The Morgan fingerprint density at radius 3 is 2.47 bits per heavy atom. The summed E-state index contributed by atoms with van der Waals surface area (Å²) in [6.45, 7) is 0.110. The second-order valence-electron chi connectivity index (χ2n) is 3.96. The van der Waals surface area contributed by atoms with E-state index in [4.69, 9.17) is 28.3 Å². The van der Waals surface area contributed by atoms with Gasteiger partial charge in [-0.05, 0) is 17.7 Å². The third kappa shape index (κ3) is 4.99. The molecule has 0 heterocycles. The Bertz CT molecular complexity index is 574. The monoisotopic (exact) mass is 325 g/mol. The number of nitrogens with zero attached hydrogens (tertiary/aromatic N) is 1. The van der Waals surface area contributed by atoms with E-state index in [1.54, 1.807) is 18.2 Å². The van der Waals surface area contributed by atoms with Crippen molar-refractivity contribution >= 4 is 39.2 Å². The van der Waals surface area contributed by atoms with Gasteiger partial charge in [0, 0.05) is 13.6 Å². The number of carbonyl (C=O) groups is 1. The molecule has 1 aromatic rings. The van der Waals surface area contributed by atoms with E-state index in [1.165, 1.54) is 7.05 Å². The van der Waals surface area contributed by atoms with E-state index in [0.29, 0.717) is 15.6 Å². The molecule has 0 aliphatic heterocycles. The molecule has 0 aromatic heterocycles. The average molecular weight is 326 g/mol. The van der Waals surface area contributed by atoms with Crippen molar-refractivity contribution in [1.29, 1.82) is 0 Å². The molecule has 1 rings (SSSR count). The molecule has 19 heavy (non-hydrogen) atoms. The average Bonchev–Trinajstić information content (AvgIpc) is 2.31. The van der Waals surface area contributed by atoms with Crippen LogP contribution in [0.25, 0.3) is 0 Å². The number of carboxylic acid groups (broad SMARTS) is 1. The Labute approximate surface area is 121 Å². The Hall–Kier alpha value is -0.820. The lowest BCUT2D eigenvalue weighted by Crippen LogP contribution is -2.29. The molecule has 1 N–H and O–H groups in total. The van der Waals surface area contributed by atoms with E-state index in [2.05, 4.69) is 0 Å². The summed E-state index contributed by atoms with van der Waals surface area (Å²) in [5, 5.41) is 9.23. The zero-order valence-corrected chi connectivity index (χ0v) is 12.5. The highest BCUT2D eigenvalue weighted by molar-refractivity contribution is 7.89. The molecular formula is C11H13Cl2NO4S. The first kappa shape index (κ1) is 16.2. The molecule has 0 amide bonds. The van der Waals surface area contributed by atoms with Crippen molar-refractivity contribution in [3.8, 4) is 0 Å². The van der Waals surface area contributed by atoms with Crippen molar-refractivity contribution in [1.82, 2.24) is 4.31 Å². The van der Waals surface area contributed by atoms with Crippen LogP contribution < -0.4 is 0 Å². The van der Waals surface area contributed by atoms with E-state index >= 15 is 0 Å². The number of rotatable bonds is 6. The van der Waals surface area contributed by atoms with Crippen molar-refractivity contribution in [2.75, 3.05) is 12.8 Å². The van der Waals surface area contributed by atoms with E-state index in [1.807, 2.05) is 0 Å². The van der Waals surface area contributed by atoms with Crippen LogP contribution in [-0.4, -0.2) is 36.6 Å². The minimum atomic E-state index is -3.60. The number of sulfonamides is 1. The molecule has 0 spiro atoms. The van der Waals surface area contributed by atoms with Gasteiger partial charge in [-0.25, -0.2) is 12.7 Å². The number of benzene rings is 1. The smallest absolute Gasteiger partial charge is 0.304 e. The quantitative estimate of drug-likeness (QED) is 0.870. The van der Waals surface area contributed by atoms with Gasteiger partial charge in [-0.1, -0.05) is 29.3 Å². The number of hydrogen-bond acceptors (Lipinski definition) is 3. The van der Waals surface area contributed by atoms with Crippen LogP contribution in [0.1, 0.15) is 12.0 Å². The first-order valence-electron chi connectivity index (χ1n) is 5.32. The molecule has 5 nitrogen and oxygen atoms in total. The molecule has 0 saturated carbocycles. The molecule has 0 bridgehead atoms. The van der Waals surface area contributed by atoms with Crippen LogP contribution in [0.4, 0.5) is 0 Å². The predicted molar refractivity (Wildman–Crippen MR) is 74.0 cm³/mol. The third-order valence-corrected chi connectivity index (χ3v) is 4.98. The minimum Gasteiger partial charge on any atom is -0.481 e. The third-order valence-electron chi connectivity index (χ3n) is 2.44. The predicted octanol–water partition coefficient (Wildman–Crippen LogP) is 2.23. The number of carboxylic acids is 1. The summed E-state index contributed by atoms with van der Waals surface area (Å²) in [7, 11) is -2.21. The van der Waals surface area contributed by atoms with Gasteiger partial charge in [0.2, 0.25) is 10.0 Å². The molecule has 1 aromatic carbocycles. The Kier molecular flexibility index (Phi) is 5.61. The maximum absolute atomic E-state index is 11.8. The zero-order chi connectivity index (χ0) is 14.6. The highest BCUT2D eigenvalue weighted by Crippen LogP contribution is 2.23. The topological polar surface area (TPSA) is 74.7 Å². The minimum absolute atomic E-state index is 0.110. The normalized spacial score (nSPS) is 11.8. The van der Waals surface area contributed by atoms with Crippen LogP contribution in [0.3, 0.4) is 0 Å². The first-order chi connectivity index (χ1) is 8.72. The van der Waals surface area contributed by atoms with E-state index < -0.39 is 28.2 Å². The van der Waals surface area contributed by atoms with E-state index in [0.717, 1.165) is 4.31 Å². The molecule has 106 valence electrons. The Morgan fingerprint density at radius 2 is 1.95 bits per heavy atom. The molecule has 0 fully saturated rings. The Morgan fingerprint density at radius 1 is 1.32 bits per heavy atom. The lowest BCUT2D eigenvalue weighted by Gasteiger charge is -2.17. The van der Waals surface area contributed by atoms with E-state index in [9.17, 15) is 13.2 Å². The summed E-state index contributed by atoms with van der Waals surface area (Å²) in [4.78, 5) is 10.4. The fourth-order valence-electron chi connectivity index (χ4n) is 1.37. The second kappa shape index (κ2) is 6.56. The molecule has 0 aliphatic carbocycles. The van der Waals surface area contributed by atoms with Gasteiger partial charge in [0.05, 0.1) is 22.2 Å². The second-order valence-corrected chi connectivity index (χ2v) is 6.97. The maximum atomic E-state index is 11.8. The fourth-order valence-corrected chi connectivity index (χ4v) is 2.78. The lowest BCUT2D eigenvalue weighted by molar-refractivity contribution is -0.136. The summed E-state index contributed by atoms with van der Waals surface area (Å²) in [6.07, 6.45) is -0.423. The number of halogens is 2. The van der Waals surface area contributed by atoms with Gasteiger partial charge in [-0.15, -0.1) is 0 Å². The van der Waals surface area contributed by atoms with Crippen molar-refractivity contribution in [3.63, 3.8) is 0 Å². The summed E-state index contributed by atoms with van der Waals surface area (Å²) in [5.74, 6) is -1.58. The van der Waals surface area contributed by atoms with Gasteiger partial charge in [0.15, 0.2) is 0 Å². The maximum Gasteiger partial charge on any atom is 0.304 e. The van der Waals surface area contributed by atoms with Crippen LogP contribution in [0.5, 0.6) is 0 Å². The molecule has 0 saturated heterocycles. The molecule has 0 radical (unpaired) electrons. The van der Waals surface area contributed by atoms with Crippen LogP contribution in [0.2, 0.25) is 10.0 Å². The lowest BCUT2D eigenvalue weighted by atomic mass is 10.2. The number of hydrogen-bond donors (Lipinski definition) is 1. The van der Waals surface area contributed by atoms with Gasteiger partial charge in [0.1, 0.15) is 0 Å². The Balaban J connectivity index is 2.75. The summed E-state index contributed by atoms with van der Waals surface area (Å²) in [5.41, 5.74) is 0.677. The van der Waals surface area contributed by atoms with Gasteiger partial charge in [0.25, 0.3) is 0 Å². The molecule has 0 aliphatic rings. The van der Waals surface area contributed by atoms with Crippen LogP contribution >= 0.6 is 23.2 Å². The van der Waals surface area contributed by atoms with Gasteiger partial charge in [-0.2, -0.15) is 0 Å². The van der Waals surface area contributed by atoms with Gasteiger partial charge >= 0.3 is 5.97 Å². The van der Waals surface area contributed by atoms with Crippen LogP contribution in [0.15, 0.2) is 18.2 Å². The molecule has 0 unspecified atom stereocenters. The summed E-state index contributed by atoms with van der Waals surface area (Å²) in [6, 6.07) is 4.82. The van der Waals surface area contributed by atoms with Crippen molar-refractivity contribution in [3.05, 3.63) is 33.8 Å². The zero-order valence-electron chi connectivity index (χ0n) is 10.1. The van der Waals surface area contributed by atoms with Crippen LogP contribution in [0, 0.1) is 0 Å². The first-order valence-corrected chi connectivity index (χ1v) is 7.68. The largest absolute Gasteiger partial charge is 0.481 e. The molecular weight excluding hydrogens is 313 g/mol. The highest BCUT2D eigenvalue weighted by Gasteiger charge is 2.19. The van der Waals surface area contributed by atoms with Crippen molar-refractivity contribution in [2.24, 2.45) is 0 Å². The molecule has 8 heteroatoms. The van der Waals surface area contributed by atoms with Gasteiger partial charge in [-0.3, -0.25) is 4.79 Å². The molecule has 0 atom stereocenters. The summed E-state index contributed by atoms with van der Waals surface area (Å²) < 4.78 is 24.7. The van der Waals surface area contributed by atoms with Crippen molar-refractivity contribution in [2.45, 2.75) is 13.0 Å². The van der Waals surface area contributed by atoms with Gasteiger partial charge < -0.3 is 5.11 Å². The van der Waals surface area contributed by atoms with E-state index in [-0.39, 0.29) is 6.54 Å². The van der Waals surface area contributed by atoms with Crippen molar-refractivity contribution < 1.29 is 18.3 Å². The number of aliphatic carboxylic acids is 1. The highest BCUT2D eigenvalue weighted by atomic mass is 35.5.